The minimum absolute atomic E-state index is 0.248. The first kappa shape index (κ1) is 30.8. The highest BCUT2D eigenvalue weighted by atomic mass is 32.1. The van der Waals surface area contributed by atoms with Gasteiger partial charge in [-0.05, 0) is 74.6 Å². The Morgan fingerprint density at radius 2 is 1.86 bits per heavy atom. The van der Waals surface area contributed by atoms with Gasteiger partial charge in [-0.3, -0.25) is 19.4 Å². The van der Waals surface area contributed by atoms with Crippen molar-refractivity contribution in [2.75, 3.05) is 36.5 Å². The zero-order chi connectivity index (χ0) is 30.7. The lowest BCUT2D eigenvalue weighted by atomic mass is 10.1. The second-order valence-electron chi connectivity index (χ2n) is 10.4. The van der Waals surface area contributed by atoms with Crippen LogP contribution in [0, 0.1) is 0 Å². The average molecular weight is 617 g/mol. The number of para-hydroxylation sites is 1. The van der Waals surface area contributed by atoms with Crippen LogP contribution in [-0.2, 0) is 16.0 Å². The van der Waals surface area contributed by atoms with Crippen molar-refractivity contribution in [3.05, 3.63) is 99.4 Å². The highest BCUT2D eigenvalue weighted by Gasteiger charge is 2.31. The van der Waals surface area contributed by atoms with Crippen LogP contribution in [0.3, 0.4) is 0 Å². The number of aryl methyl sites for hydroxylation is 1. The lowest BCUT2D eigenvalue weighted by molar-refractivity contribution is -0.143. The average Bonchev–Trinajstić information content (AvgIpc) is 3.48. The number of H-pyrrole nitrogens is 1. The van der Waals surface area contributed by atoms with Crippen LogP contribution in [0.2, 0.25) is 0 Å². The number of carbonyl (C=O) groups excluding carboxylic acids is 2. The van der Waals surface area contributed by atoms with Gasteiger partial charge < -0.3 is 24.4 Å². The Morgan fingerprint density at radius 3 is 2.61 bits per heavy atom. The van der Waals surface area contributed by atoms with E-state index in [4.69, 9.17) is 14.2 Å². The topological polar surface area (TPSA) is 123 Å². The number of nitrogens with one attached hydrogen (secondary N) is 2. The largest absolute Gasteiger partial charge is 0.494 e. The molecule has 1 aliphatic heterocycles. The third-order valence-corrected chi connectivity index (χ3v) is 7.75. The monoisotopic (exact) mass is 616 g/mol. The van der Waals surface area contributed by atoms with E-state index in [1.54, 1.807) is 37.3 Å². The molecule has 2 heterocycles. The number of hydrogen-bond donors (Lipinski definition) is 2. The molecule has 3 aromatic carbocycles. The second kappa shape index (κ2) is 15.2. The molecule has 4 aromatic rings. The predicted octanol–water partition coefficient (Wildman–Crippen LogP) is 5.77. The number of esters is 1. The standard InChI is InChI=1S/C33H36N4O6S/c1-2-41-29(38)15-9-20-37-22-28(31-35-33(40)44-36-31)43-30-26(13-8-14-27(30)37)34-32(39)24-16-18-25(19-17-24)42-21-7-6-12-23-10-4-3-5-11-23/h3-5,8,10-11,13-14,16-19,28H,2,6-7,9,12,15,20-22H2,1H3,(H,34,39)(H,35,36,40). The quantitative estimate of drug-likeness (QED) is 0.135. The highest BCUT2D eigenvalue weighted by Crippen LogP contribution is 2.43. The summed E-state index contributed by atoms with van der Waals surface area (Å²) in [5.41, 5.74) is 3.06. The van der Waals surface area contributed by atoms with Crippen molar-refractivity contribution in [1.29, 1.82) is 0 Å². The van der Waals surface area contributed by atoms with Crippen LogP contribution in [0.1, 0.15) is 60.5 Å². The van der Waals surface area contributed by atoms with Gasteiger partial charge in [0, 0.05) is 30.1 Å². The molecule has 1 amide bonds. The van der Waals surface area contributed by atoms with Gasteiger partial charge in [0.25, 0.3) is 5.91 Å². The highest BCUT2D eigenvalue weighted by molar-refractivity contribution is 7.02. The van der Waals surface area contributed by atoms with Crippen LogP contribution in [0.5, 0.6) is 11.5 Å². The summed E-state index contributed by atoms with van der Waals surface area (Å²) in [5.74, 6) is 1.05. The summed E-state index contributed by atoms with van der Waals surface area (Å²) in [5, 5.41) is 2.97. The number of ether oxygens (including phenoxy) is 3. The molecule has 0 spiro atoms. The number of aromatic nitrogens is 2. The van der Waals surface area contributed by atoms with Crippen LogP contribution in [0.15, 0.2) is 77.6 Å². The second-order valence-corrected chi connectivity index (χ2v) is 11.1. The molecule has 1 unspecified atom stereocenters. The third-order valence-electron chi connectivity index (χ3n) is 7.19. The number of hydrogen-bond acceptors (Lipinski definition) is 9. The van der Waals surface area contributed by atoms with Gasteiger partial charge in [0.05, 0.1) is 31.1 Å². The molecule has 5 rings (SSSR count). The van der Waals surface area contributed by atoms with Crippen molar-refractivity contribution in [2.24, 2.45) is 0 Å². The first-order valence-corrected chi connectivity index (χ1v) is 15.6. The Balaban J connectivity index is 1.22. The molecule has 44 heavy (non-hydrogen) atoms. The summed E-state index contributed by atoms with van der Waals surface area (Å²) < 4.78 is 21.5. The maximum Gasteiger partial charge on any atom is 0.323 e. The van der Waals surface area contributed by atoms with E-state index >= 15 is 0 Å². The van der Waals surface area contributed by atoms with E-state index in [2.05, 4.69) is 43.8 Å². The summed E-state index contributed by atoms with van der Waals surface area (Å²) in [6.45, 7) is 3.69. The van der Waals surface area contributed by atoms with E-state index in [9.17, 15) is 14.4 Å². The maximum absolute atomic E-state index is 13.3. The van der Waals surface area contributed by atoms with Crippen molar-refractivity contribution in [2.45, 2.75) is 45.1 Å². The zero-order valence-corrected chi connectivity index (χ0v) is 25.4. The van der Waals surface area contributed by atoms with Crippen LogP contribution >= 0.6 is 11.5 Å². The number of amides is 1. The molecular formula is C33H36N4O6S. The molecule has 0 aliphatic carbocycles. The third kappa shape index (κ3) is 8.25. The number of aromatic amines is 1. The minimum atomic E-state index is -0.564. The molecule has 1 aliphatic rings. The number of benzene rings is 3. The Labute approximate surface area is 260 Å². The molecule has 2 N–H and O–H groups in total. The molecule has 10 nitrogen and oxygen atoms in total. The van der Waals surface area contributed by atoms with Gasteiger partial charge in [-0.15, -0.1) is 0 Å². The van der Waals surface area contributed by atoms with Gasteiger partial charge in [-0.2, -0.15) is 4.37 Å². The Bertz CT molecular complexity index is 1590. The zero-order valence-electron chi connectivity index (χ0n) is 24.6. The summed E-state index contributed by atoms with van der Waals surface area (Å²) in [7, 11) is 0. The molecule has 230 valence electrons. The predicted molar refractivity (Wildman–Crippen MR) is 170 cm³/mol. The van der Waals surface area contributed by atoms with Gasteiger partial charge in [0.15, 0.2) is 17.7 Å². The van der Waals surface area contributed by atoms with E-state index in [1.165, 1.54) is 5.56 Å². The lowest BCUT2D eigenvalue weighted by Crippen LogP contribution is -2.37. The van der Waals surface area contributed by atoms with Gasteiger partial charge >= 0.3 is 10.8 Å². The van der Waals surface area contributed by atoms with Crippen LogP contribution in [-0.4, -0.2) is 47.5 Å². The Kier molecular flexibility index (Phi) is 10.6. The molecule has 11 heteroatoms. The summed E-state index contributed by atoms with van der Waals surface area (Å²) >= 11 is 0.826. The van der Waals surface area contributed by atoms with E-state index in [-0.39, 0.29) is 23.2 Å². The molecule has 1 atom stereocenters. The van der Waals surface area contributed by atoms with Crippen molar-refractivity contribution in [3.8, 4) is 11.5 Å². The van der Waals surface area contributed by atoms with Crippen LogP contribution in [0.25, 0.3) is 0 Å². The number of unbranched alkanes of at least 4 members (excludes halogenated alkanes) is 1. The van der Waals surface area contributed by atoms with E-state index in [1.807, 2.05) is 18.2 Å². The number of fused-ring (bicyclic) bond motifs is 1. The smallest absolute Gasteiger partial charge is 0.323 e. The molecule has 0 saturated carbocycles. The van der Waals surface area contributed by atoms with Gasteiger partial charge in [-0.25, -0.2) is 0 Å². The summed E-state index contributed by atoms with van der Waals surface area (Å²) in [6.07, 6.45) is 3.27. The number of rotatable bonds is 14. The van der Waals surface area contributed by atoms with Gasteiger partial charge in [0.1, 0.15) is 5.75 Å². The molecule has 0 fully saturated rings. The van der Waals surface area contributed by atoms with Gasteiger partial charge in [0.2, 0.25) is 0 Å². The fourth-order valence-corrected chi connectivity index (χ4v) is 5.51. The van der Waals surface area contributed by atoms with Crippen molar-refractivity contribution in [1.82, 2.24) is 9.36 Å². The Hall–Kier alpha value is -4.64. The molecule has 0 saturated heterocycles. The molecular weight excluding hydrogens is 580 g/mol. The van der Waals surface area contributed by atoms with Crippen LogP contribution < -0.4 is 24.6 Å². The van der Waals surface area contributed by atoms with Crippen molar-refractivity contribution in [3.63, 3.8) is 0 Å². The first-order valence-electron chi connectivity index (χ1n) is 14.8. The fourth-order valence-electron chi connectivity index (χ4n) is 5.02. The Morgan fingerprint density at radius 1 is 1.05 bits per heavy atom. The first-order chi connectivity index (χ1) is 21.5. The van der Waals surface area contributed by atoms with Gasteiger partial charge in [-0.1, -0.05) is 36.4 Å². The van der Waals surface area contributed by atoms with Crippen LogP contribution in [0.4, 0.5) is 11.4 Å². The van der Waals surface area contributed by atoms with Crippen molar-refractivity contribution >= 4 is 34.8 Å². The molecule has 0 bridgehead atoms. The number of carbonyl (C=O) groups is 2. The molecule has 0 radical (unpaired) electrons. The number of anilines is 2. The SMILES string of the molecule is CCOC(=O)CCCN1CC(c2nsc(=O)[nH]2)Oc2c(NC(=O)c3ccc(OCCCCc4ccccc4)cc3)cccc21. The molecule has 1 aromatic heterocycles. The normalized spacial score (nSPS) is 13.9. The maximum atomic E-state index is 13.3. The van der Waals surface area contributed by atoms with E-state index in [0.29, 0.717) is 61.3 Å². The number of nitrogens with zero attached hydrogens (tertiary/aromatic N) is 2. The minimum Gasteiger partial charge on any atom is -0.494 e. The van der Waals surface area contributed by atoms with E-state index < -0.39 is 6.10 Å². The van der Waals surface area contributed by atoms with E-state index in [0.717, 1.165) is 36.5 Å². The lowest BCUT2D eigenvalue weighted by Gasteiger charge is -2.36. The fraction of sp³-hybridized carbons (Fsp3) is 0.333. The summed E-state index contributed by atoms with van der Waals surface area (Å²) in [6, 6.07) is 23.0. The van der Waals surface area contributed by atoms with Crippen molar-refractivity contribution < 1.29 is 23.8 Å². The summed E-state index contributed by atoms with van der Waals surface area (Å²) in [4.78, 5) is 41.5.